The quantitative estimate of drug-likeness (QED) is 0.564. The normalized spacial score (nSPS) is 10.7. The average Bonchev–Trinajstić information content (AvgIpc) is 2.42. The van der Waals surface area contributed by atoms with Crippen molar-refractivity contribution >= 4 is 18.9 Å². The first-order chi connectivity index (χ1) is 9.41. The summed E-state index contributed by atoms with van der Waals surface area (Å²) in [5.41, 5.74) is 0.649. The third-order valence-corrected chi connectivity index (χ3v) is 2.73. The highest BCUT2D eigenvalue weighted by atomic mass is 16.5. The van der Waals surface area contributed by atoms with Crippen molar-refractivity contribution in [3.8, 4) is 0 Å². The predicted octanol–water partition coefficient (Wildman–Crippen LogP) is 3.42. The minimum atomic E-state index is -0.430. The van der Waals surface area contributed by atoms with E-state index >= 15 is 0 Å². The van der Waals surface area contributed by atoms with E-state index in [-0.39, 0.29) is 11.6 Å². The van der Waals surface area contributed by atoms with E-state index in [1.165, 1.54) is 0 Å². The van der Waals surface area contributed by atoms with Crippen LogP contribution in [-0.4, -0.2) is 25.5 Å². The van der Waals surface area contributed by atoms with E-state index < -0.39 is 5.97 Å². The molecule has 20 heavy (non-hydrogen) atoms. The fraction of sp³-hybridized carbons (Fsp3) is 0.500. The highest BCUT2D eigenvalue weighted by Gasteiger charge is 2.18. The van der Waals surface area contributed by atoms with Crippen molar-refractivity contribution < 1.29 is 14.3 Å². The number of ether oxygens (including phenoxy) is 1. The molecule has 0 heterocycles. The van der Waals surface area contributed by atoms with Crippen LogP contribution < -0.4 is 0 Å². The summed E-state index contributed by atoms with van der Waals surface area (Å²) < 4.78 is 5.20. The Morgan fingerprint density at radius 2 is 1.65 bits per heavy atom. The molecule has 0 saturated carbocycles. The smallest absolute Gasteiger partial charge is 0.338 e. The zero-order chi connectivity index (χ0) is 15.1. The fourth-order valence-electron chi connectivity index (χ4n) is 1.65. The number of rotatable bonds is 7. The van der Waals surface area contributed by atoms with Gasteiger partial charge in [0.05, 0.1) is 12.2 Å². The lowest BCUT2D eigenvalue weighted by molar-refractivity contribution is 0.0457. The van der Waals surface area contributed by atoms with Crippen molar-refractivity contribution in [2.24, 2.45) is 11.8 Å². The molecule has 107 valence electrons. The molecule has 0 bridgehead atoms. The van der Waals surface area contributed by atoms with Gasteiger partial charge in [0, 0.05) is 5.56 Å². The molecule has 0 aliphatic heterocycles. The number of esters is 1. The molecule has 0 amide bonds. The summed E-state index contributed by atoms with van der Waals surface area (Å²) in [4.78, 5) is 24.2. The Labute approximate surface area is 122 Å². The molecule has 1 aromatic rings. The highest BCUT2D eigenvalue weighted by molar-refractivity contribution is 6.77. The molecule has 0 aliphatic carbocycles. The molecule has 0 spiro atoms. The highest BCUT2D eigenvalue weighted by Crippen LogP contribution is 2.13. The van der Waals surface area contributed by atoms with Gasteiger partial charge in [-0.15, -0.1) is 0 Å². The number of benzene rings is 1. The zero-order valence-electron chi connectivity index (χ0n) is 12.7. The first-order valence-corrected chi connectivity index (χ1v) is 7.05. The monoisotopic (exact) mass is 273 g/mol. The summed E-state index contributed by atoms with van der Waals surface area (Å²) in [6.45, 7) is 8.40. The van der Waals surface area contributed by atoms with Crippen LogP contribution in [0.2, 0.25) is 6.32 Å². The Kier molecular flexibility index (Phi) is 6.49. The van der Waals surface area contributed by atoms with Gasteiger partial charge in [0.25, 0.3) is 0 Å². The third kappa shape index (κ3) is 5.20. The number of hydrogen-bond donors (Lipinski definition) is 0. The van der Waals surface area contributed by atoms with Crippen LogP contribution in [0.25, 0.3) is 0 Å². The maximum absolute atomic E-state index is 12.1. The zero-order valence-corrected chi connectivity index (χ0v) is 12.7. The summed E-state index contributed by atoms with van der Waals surface area (Å²) in [5.74, 6) is 0.258. The van der Waals surface area contributed by atoms with Crippen LogP contribution in [-0.2, 0) is 4.74 Å². The average molecular weight is 273 g/mol. The lowest BCUT2D eigenvalue weighted by atomic mass is 9.64. The van der Waals surface area contributed by atoms with Crippen molar-refractivity contribution in [2.45, 2.75) is 34.0 Å². The van der Waals surface area contributed by atoms with Gasteiger partial charge in [0.15, 0.2) is 0 Å². The van der Waals surface area contributed by atoms with E-state index in [0.29, 0.717) is 30.0 Å². The first-order valence-electron chi connectivity index (χ1n) is 7.05. The van der Waals surface area contributed by atoms with Crippen molar-refractivity contribution in [1.29, 1.82) is 0 Å². The minimum Gasteiger partial charge on any atom is -0.462 e. The van der Waals surface area contributed by atoms with E-state index in [1.807, 2.05) is 27.7 Å². The van der Waals surface area contributed by atoms with Gasteiger partial charge in [-0.3, -0.25) is 0 Å². The molecule has 1 radical (unpaired) electrons. The lowest BCUT2D eigenvalue weighted by Crippen LogP contribution is -2.18. The Bertz CT molecular complexity index is 424. The SMILES string of the molecule is CC(C)C[B]C(=O)c1ccccc1C(=O)OCC(C)C. The molecule has 0 aliphatic rings. The molecule has 0 unspecified atom stereocenters. The van der Waals surface area contributed by atoms with Crippen molar-refractivity contribution in [3.05, 3.63) is 35.4 Å². The molecule has 0 fully saturated rings. The Morgan fingerprint density at radius 3 is 2.20 bits per heavy atom. The van der Waals surface area contributed by atoms with Gasteiger partial charge in [0.1, 0.15) is 5.68 Å². The van der Waals surface area contributed by atoms with E-state index in [2.05, 4.69) is 0 Å². The van der Waals surface area contributed by atoms with Gasteiger partial charge in [-0.2, -0.15) is 0 Å². The van der Waals surface area contributed by atoms with Gasteiger partial charge < -0.3 is 9.53 Å². The van der Waals surface area contributed by atoms with Crippen LogP contribution in [0.3, 0.4) is 0 Å². The second-order valence-corrected chi connectivity index (χ2v) is 5.74. The summed E-state index contributed by atoms with van der Waals surface area (Å²) in [7, 11) is 1.64. The predicted molar refractivity (Wildman–Crippen MR) is 81.3 cm³/mol. The van der Waals surface area contributed by atoms with E-state index in [1.54, 1.807) is 31.5 Å². The van der Waals surface area contributed by atoms with Gasteiger partial charge in [-0.05, 0) is 12.0 Å². The molecule has 0 aromatic heterocycles. The second-order valence-electron chi connectivity index (χ2n) is 5.74. The van der Waals surface area contributed by atoms with Gasteiger partial charge in [-0.1, -0.05) is 58.1 Å². The van der Waals surface area contributed by atoms with Crippen LogP contribution in [0.4, 0.5) is 0 Å². The fourth-order valence-corrected chi connectivity index (χ4v) is 1.65. The minimum absolute atomic E-state index is 0.115. The molecule has 0 N–H and O–H groups in total. The summed E-state index contributed by atoms with van der Waals surface area (Å²) >= 11 is 0. The van der Waals surface area contributed by atoms with Crippen molar-refractivity contribution in [3.63, 3.8) is 0 Å². The Balaban J connectivity index is 2.82. The van der Waals surface area contributed by atoms with Gasteiger partial charge >= 0.3 is 5.97 Å². The van der Waals surface area contributed by atoms with Crippen LogP contribution in [0, 0.1) is 11.8 Å². The number of carbonyl (C=O) groups is 2. The van der Waals surface area contributed by atoms with Crippen molar-refractivity contribution in [2.75, 3.05) is 6.61 Å². The van der Waals surface area contributed by atoms with Crippen LogP contribution in [0.15, 0.2) is 24.3 Å². The first kappa shape index (κ1) is 16.5. The van der Waals surface area contributed by atoms with Gasteiger partial charge in [-0.25, -0.2) is 4.79 Å². The van der Waals surface area contributed by atoms with Crippen LogP contribution >= 0.6 is 0 Å². The molecule has 0 atom stereocenters. The summed E-state index contributed by atoms with van der Waals surface area (Å²) in [5, 5.41) is 0. The topological polar surface area (TPSA) is 43.4 Å². The molecule has 3 nitrogen and oxygen atoms in total. The van der Waals surface area contributed by atoms with Crippen LogP contribution in [0.5, 0.6) is 0 Å². The van der Waals surface area contributed by atoms with Gasteiger partial charge in [0.2, 0.25) is 7.28 Å². The molecule has 4 heteroatoms. The van der Waals surface area contributed by atoms with E-state index in [4.69, 9.17) is 4.74 Å². The maximum atomic E-state index is 12.1. The maximum Gasteiger partial charge on any atom is 0.338 e. The second kappa shape index (κ2) is 7.88. The standard InChI is InChI=1S/C16H22BO3/c1-11(2)9-17-15(18)13-7-5-6-8-14(13)16(19)20-10-12(3)4/h5-8,11-12H,9-10H2,1-4H3. The molecular formula is C16H22BO3. The third-order valence-electron chi connectivity index (χ3n) is 2.73. The Morgan fingerprint density at radius 1 is 1.05 bits per heavy atom. The summed E-state index contributed by atoms with van der Waals surface area (Å²) in [6, 6.07) is 6.81. The molecule has 1 aromatic carbocycles. The summed E-state index contributed by atoms with van der Waals surface area (Å²) in [6.07, 6.45) is 0.703. The molecular weight excluding hydrogens is 251 g/mol. The van der Waals surface area contributed by atoms with Crippen molar-refractivity contribution in [1.82, 2.24) is 0 Å². The lowest BCUT2D eigenvalue weighted by Gasteiger charge is -2.10. The molecule has 1 rings (SSSR count). The molecule has 0 saturated heterocycles. The number of hydrogen-bond acceptors (Lipinski definition) is 3. The van der Waals surface area contributed by atoms with E-state index in [9.17, 15) is 9.59 Å². The number of carbonyl (C=O) groups excluding carboxylic acids is 2. The largest absolute Gasteiger partial charge is 0.462 e. The van der Waals surface area contributed by atoms with Crippen LogP contribution in [0.1, 0.15) is 48.4 Å². The Hall–Kier alpha value is -1.58. The van der Waals surface area contributed by atoms with E-state index in [0.717, 1.165) is 0 Å².